The number of carboxylic acid groups (broad SMARTS) is 1. The number of fused-ring (bicyclic) bond motifs is 1. The molecule has 3 rings (SSSR count). The molecule has 0 bridgehead atoms. The number of hydrogen-bond acceptors (Lipinski definition) is 3. The molecule has 0 spiro atoms. The second-order valence-electron chi connectivity index (χ2n) is 6.30. The van der Waals surface area contributed by atoms with E-state index < -0.39 is 5.97 Å². The van der Waals surface area contributed by atoms with Crippen molar-refractivity contribution >= 4 is 29.0 Å². The van der Waals surface area contributed by atoms with Gasteiger partial charge in [0.05, 0.1) is 16.9 Å². The molecule has 0 amide bonds. The van der Waals surface area contributed by atoms with Gasteiger partial charge in [0.15, 0.2) is 0 Å². The van der Waals surface area contributed by atoms with Crippen LogP contribution in [-0.4, -0.2) is 38.3 Å². The minimum atomic E-state index is -0.899. The van der Waals surface area contributed by atoms with Gasteiger partial charge in [0, 0.05) is 27.2 Å². The minimum absolute atomic E-state index is 0.309. The number of likely N-dealkylation sites (N-methyl/N-ethyl adjacent to an activating group) is 2. The van der Waals surface area contributed by atoms with E-state index in [1.54, 1.807) is 12.1 Å². The Morgan fingerprint density at radius 2 is 1.54 bits per heavy atom. The quantitative estimate of drug-likeness (QED) is 0.872. The van der Waals surface area contributed by atoms with Gasteiger partial charge in [-0.1, -0.05) is 24.3 Å². The second-order valence-corrected chi connectivity index (χ2v) is 6.30. The first-order valence-electron chi connectivity index (χ1n) is 8.04. The Morgan fingerprint density at radius 3 is 2.17 bits per heavy atom. The number of allylic oxidation sites excluding steroid dienone is 1. The molecule has 0 fully saturated rings. The maximum atomic E-state index is 10.9. The smallest absolute Gasteiger partial charge is 0.335 e. The highest BCUT2D eigenvalue weighted by molar-refractivity contribution is 5.89. The molecular weight excluding hydrogens is 300 g/mol. The van der Waals surface area contributed by atoms with E-state index in [-0.39, 0.29) is 0 Å². The maximum absolute atomic E-state index is 10.9. The summed E-state index contributed by atoms with van der Waals surface area (Å²) in [6.07, 6.45) is 2.08. The summed E-state index contributed by atoms with van der Waals surface area (Å²) in [5.74, 6) is -0.899. The predicted molar refractivity (Wildman–Crippen MR) is 99.9 cm³/mol. The van der Waals surface area contributed by atoms with Crippen molar-refractivity contribution < 1.29 is 9.90 Å². The van der Waals surface area contributed by atoms with Crippen LogP contribution in [-0.2, 0) is 0 Å². The average Bonchev–Trinajstić information content (AvgIpc) is 2.58. The molecule has 4 nitrogen and oxygen atoms in total. The van der Waals surface area contributed by atoms with E-state index in [9.17, 15) is 4.79 Å². The molecular formula is C20H22N2O2. The predicted octanol–water partition coefficient (Wildman–Crippen LogP) is 3.83. The average molecular weight is 322 g/mol. The third kappa shape index (κ3) is 3.13. The van der Waals surface area contributed by atoms with E-state index in [1.165, 1.54) is 16.9 Å². The van der Waals surface area contributed by atoms with Crippen molar-refractivity contribution in [3.63, 3.8) is 0 Å². The van der Waals surface area contributed by atoms with E-state index in [1.807, 2.05) is 12.1 Å². The Morgan fingerprint density at radius 1 is 0.958 bits per heavy atom. The van der Waals surface area contributed by atoms with Gasteiger partial charge in [-0.05, 0) is 47.9 Å². The number of anilines is 2. The van der Waals surface area contributed by atoms with Gasteiger partial charge in [0.2, 0.25) is 0 Å². The molecule has 1 heterocycles. The topological polar surface area (TPSA) is 43.8 Å². The summed E-state index contributed by atoms with van der Waals surface area (Å²) in [4.78, 5) is 15.5. The summed E-state index contributed by atoms with van der Waals surface area (Å²) in [7, 11) is 4.25. The second kappa shape index (κ2) is 6.40. The molecule has 24 heavy (non-hydrogen) atoms. The molecule has 1 aliphatic rings. The first-order valence-corrected chi connectivity index (χ1v) is 8.04. The summed E-state index contributed by atoms with van der Waals surface area (Å²) in [5.41, 5.74) is 6.14. The lowest BCUT2D eigenvalue weighted by Gasteiger charge is -2.35. The molecule has 1 N–H and O–H groups in total. The highest BCUT2D eigenvalue weighted by atomic mass is 16.4. The van der Waals surface area contributed by atoms with Crippen LogP contribution in [0.2, 0.25) is 0 Å². The van der Waals surface area contributed by atoms with Crippen molar-refractivity contribution in [2.75, 3.05) is 37.0 Å². The molecule has 0 radical (unpaired) electrons. The van der Waals surface area contributed by atoms with E-state index in [4.69, 9.17) is 5.11 Å². The zero-order chi connectivity index (χ0) is 17.3. The lowest BCUT2D eigenvalue weighted by atomic mass is 10.0. The zero-order valence-corrected chi connectivity index (χ0v) is 14.3. The molecule has 1 aliphatic heterocycles. The van der Waals surface area contributed by atoms with Crippen molar-refractivity contribution in [2.45, 2.75) is 6.92 Å². The van der Waals surface area contributed by atoms with Crippen LogP contribution in [0.1, 0.15) is 28.4 Å². The van der Waals surface area contributed by atoms with Crippen LogP contribution in [0.15, 0.2) is 42.5 Å². The monoisotopic (exact) mass is 322 g/mol. The van der Waals surface area contributed by atoms with E-state index in [0.29, 0.717) is 5.56 Å². The molecule has 0 aromatic heterocycles. The van der Waals surface area contributed by atoms with Crippen LogP contribution in [0.3, 0.4) is 0 Å². The van der Waals surface area contributed by atoms with Crippen molar-refractivity contribution in [3.05, 3.63) is 59.2 Å². The van der Waals surface area contributed by atoms with Gasteiger partial charge in [-0.3, -0.25) is 0 Å². The van der Waals surface area contributed by atoms with Crippen LogP contribution < -0.4 is 9.80 Å². The number of rotatable bonds is 3. The molecule has 4 heteroatoms. The molecule has 124 valence electrons. The van der Waals surface area contributed by atoms with E-state index >= 15 is 0 Å². The van der Waals surface area contributed by atoms with E-state index in [0.717, 1.165) is 24.2 Å². The third-order valence-electron chi connectivity index (χ3n) is 4.56. The van der Waals surface area contributed by atoms with Gasteiger partial charge >= 0.3 is 5.97 Å². The minimum Gasteiger partial charge on any atom is -0.478 e. The van der Waals surface area contributed by atoms with E-state index in [2.05, 4.69) is 55.1 Å². The third-order valence-corrected chi connectivity index (χ3v) is 4.56. The fourth-order valence-corrected chi connectivity index (χ4v) is 2.99. The summed E-state index contributed by atoms with van der Waals surface area (Å²) >= 11 is 0. The normalized spacial score (nSPS) is 14.5. The largest absolute Gasteiger partial charge is 0.478 e. The number of nitrogens with zero attached hydrogens (tertiary/aromatic N) is 2. The fraction of sp³-hybridized carbons (Fsp3) is 0.250. The van der Waals surface area contributed by atoms with Crippen molar-refractivity contribution in [3.8, 4) is 0 Å². The van der Waals surface area contributed by atoms with Gasteiger partial charge in [0.1, 0.15) is 0 Å². The standard InChI is InChI=1S/C20H22N2O2/c1-14(12-15-4-6-16(7-5-15)20(23)24)17-8-9-18-19(13-17)22(3)11-10-21(18)2/h4-9,12-13H,10-11H2,1-3H3,(H,23,24)/b14-12+. The molecule has 0 unspecified atom stereocenters. The van der Waals surface area contributed by atoms with Gasteiger partial charge in [-0.15, -0.1) is 0 Å². The summed E-state index contributed by atoms with van der Waals surface area (Å²) in [5, 5.41) is 8.97. The lowest BCUT2D eigenvalue weighted by Crippen LogP contribution is -2.36. The van der Waals surface area contributed by atoms with Crippen LogP contribution in [0.4, 0.5) is 11.4 Å². The first kappa shape index (κ1) is 16.1. The Labute approximate surface area is 142 Å². The fourth-order valence-electron chi connectivity index (χ4n) is 2.99. The first-order chi connectivity index (χ1) is 11.5. The number of carboxylic acids is 1. The Kier molecular flexibility index (Phi) is 4.30. The molecule has 2 aromatic rings. The highest BCUT2D eigenvalue weighted by Gasteiger charge is 2.17. The Bertz CT molecular complexity index is 794. The summed E-state index contributed by atoms with van der Waals surface area (Å²) < 4.78 is 0. The summed E-state index contributed by atoms with van der Waals surface area (Å²) in [6.45, 7) is 4.14. The Hall–Kier alpha value is -2.75. The SMILES string of the molecule is C/C(=C\c1ccc(C(=O)O)cc1)c1ccc2c(c1)N(C)CCN2C. The van der Waals surface area contributed by atoms with Gasteiger partial charge < -0.3 is 14.9 Å². The molecule has 0 atom stereocenters. The highest BCUT2D eigenvalue weighted by Crippen LogP contribution is 2.34. The van der Waals surface area contributed by atoms with Gasteiger partial charge in [-0.2, -0.15) is 0 Å². The molecule has 0 saturated heterocycles. The lowest BCUT2D eigenvalue weighted by molar-refractivity contribution is 0.0697. The van der Waals surface area contributed by atoms with Crippen LogP contribution in [0, 0.1) is 0 Å². The van der Waals surface area contributed by atoms with Crippen molar-refractivity contribution in [1.29, 1.82) is 0 Å². The van der Waals surface area contributed by atoms with Gasteiger partial charge in [0.25, 0.3) is 0 Å². The number of hydrogen-bond donors (Lipinski definition) is 1. The van der Waals surface area contributed by atoms with Crippen molar-refractivity contribution in [1.82, 2.24) is 0 Å². The molecule has 2 aromatic carbocycles. The Balaban J connectivity index is 1.91. The number of aromatic carboxylic acids is 1. The molecule has 0 saturated carbocycles. The van der Waals surface area contributed by atoms with Crippen LogP contribution in [0.5, 0.6) is 0 Å². The van der Waals surface area contributed by atoms with Crippen molar-refractivity contribution in [2.24, 2.45) is 0 Å². The maximum Gasteiger partial charge on any atom is 0.335 e. The molecule has 0 aliphatic carbocycles. The summed E-state index contributed by atoms with van der Waals surface area (Å²) in [6, 6.07) is 13.5. The van der Waals surface area contributed by atoms with Crippen LogP contribution >= 0.6 is 0 Å². The van der Waals surface area contributed by atoms with Gasteiger partial charge in [-0.25, -0.2) is 4.79 Å². The number of carbonyl (C=O) groups is 1. The van der Waals surface area contributed by atoms with Crippen LogP contribution in [0.25, 0.3) is 11.6 Å². The number of benzene rings is 2. The zero-order valence-electron chi connectivity index (χ0n) is 14.3.